The van der Waals surface area contributed by atoms with Gasteiger partial charge in [0.2, 0.25) is 0 Å². The summed E-state index contributed by atoms with van der Waals surface area (Å²) in [7, 11) is 0. The van der Waals surface area contributed by atoms with E-state index in [9.17, 15) is 0 Å². The van der Waals surface area contributed by atoms with Crippen LogP contribution in [0.25, 0.3) is 0 Å². The van der Waals surface area contributed by atoms with Gasteiger partial charge in [-0.1, -0.05) is 39.8 Å². The second kappa shape index (κ2) is 5.01. The molecule has 2 nitrogen and oxygen atoms in total. The van der Waals surface area contributed by atoms with Crippen molar-refractivity contribution in [2.75, 3.05) is 0 Å². The average molecular weight is 287 g/mol. The van der Waals surface area contributed by atoms with Gasteiger partial charge in [-0.2, -0.15) is 0 Å². The third-order valence-electron chi connectivity index (χ3n) is 6.74. The maximum absolute atomic E-state index is 6.38. The smallest absolute Gasteiger partial charge is 0.119 e. The molecule has 2 fully saturated rings. The molecule has 2 aliphatic carbocycles. The van der Waals surface area contributed by atoms with Crippen LogP contribution in [0.4, 0.5) is 0 Å². The van der Waals surface area contributed by atoms with Crippen LogP contribution in [-0.4, -0.2) is 6.10 Å². The molecule has 0 aliphatic heterocycles. The number of rotatable bonds is 4. The van der Waals surface area contributed by atoms with Crippen LogP contribution in [0.2, 0.25) is 0 Å². The number of hydrogen-bond acceptors (Lipinski definition) is 2. The van der Waals surface area contributed by atoms with Gasteiger partial charge in [0.15, 0.2) is 0 Å². The summed E-state index contributed by atoms with van der Waals surface area (Å²) in [4.78, 5) is 0. The minimum Gasteiger partial charge on any atom is -0.490 e. The molecule has 21 heavy (non-hydrogen) atoms. The summed E-state index contributed by atoms with van der Waals surface area (Å²) in [5, 5.41) is 0. The number of nitrogens with two attached hydrogens (primary N) is 1. The van der Waals surface area contributed by atoms with Crippen LogP contribution in [0.1, 0.15) is 65.0 Å². The molecule has 2 N–H and O–H groups in total. The largest absolute Gasteiger partial charge is 0.490 e. The highest BCUT2D eigenvalue weighted by atomic mass is 16.5. The van der Waals surface area contributed by atoms with Crippen molar-refractivity contribution in [1.29, 1.82) is 0 Å². The first kappa shape index (κ1) is 14.9. The predicted molar refractivity (Wildman–Crippen MR) is 87.3 cm³/mol. The number of fused-ring (bicyclic) bond motifs is 2. The van der Waals surface area contributed by atoms with E-state index in [1.54, 1.807) is 0 Å². The van der Waals surface area contributed by atoms with E-state index in [-0.39, 0.29) is 6.04 Å². The lowest BCUT2D eigenvalue weighted by Gasteiger charge is -2.38. The first-order chi connectivity index (χ1) is 9.88. The summed E-state index contributed by atoms with van der Waals surface area (Å²) in [6.45, 7) is 9.40. The van der Waals surface area contributed by atoms with Gasteiger partial charge in [-0.3, -0.25) is 0 Å². The highest BCUT2D eigenvalue weighted by Crippen LogP contribution is 2.66. The molecule has 3 rings (SSSR count). The molecule has 0 radical (unpaired) electrons. The van der Waals surface area contributed by atoms with Gasteiger partial charge < -0.3 is 10.5 Å². The SMILES string of the molecule is CC[C@H](N)c1ccc(OC2CC3CCC2(C)C3(C)C)cc1. The van der Waals surface area contributed by atoms with E-state index < -0.39 is 0 Å². The van der Waals surface area contributed by atoms with E-state index >= 15 is 0 Å². The van der Waals surface area contributed by atoms with Crippen molar-refractivity contribution < 1.29 is 4.74 Å². The van der Waals surface area contributed by atoms with Crippen molar-refractivity contribution in [2.45, 2.75) is 65.5 Å². The molecule has 2 aliphatic rings. The Labute approximate surface area is 129 Å². The summed E-state index contributed by atoms with van der Waals surface area (Å²) in [5.74, 6) is 1.82. The number of benzene rings is 1. The van der Waals surface area contributed by atoms with Gasteiger partial charge in [-0.05, 0) is 54.7 Å². The molecular weight excluding hydrogens is 258 g/mol. The Balaban J connectivity index is 1.74. The van der Waals surface area contributed by atoms with Crippen molar-refractivity contribution in [3.05, 3.63) is 29.8 Å². The molecule has 2 bridgehead atoms. The molecule has 1 aromatic carbocycles. The van der Waals surface area contributed by atoms with Crippen LogP contribution in [0.15, 0.2) is 24.3 Å². The molecule has 1 aromatic rings. The van der Waals surface area contributed by atoms with E-state index in [0.29, 0.717) is 16.9 Å². The van der Waals surface area contributed by atoms with Crippen molar-refractivity contribution in [1.82, 2.24) is 0 Å². The van der Waals surface area contributed by atoms with Gasteiger partial charge in [0, 0.05) is 11.5 Å². The fraction of sp³-hybridized carbons (Fsp3) is 0.684. The molecule has 4 atom stereocenters. The molecule has 0 saturated heterocycles. The lowest BCUT2D eigenvalue weighted by atomic mass is 9.70. The van der Waals surface area contributed by atoms with Crippen molar-refractivity contribution in [3.8, 4) is 5.75 Å². The minimum absolute atomic E-state index is 0.137. The van der Waals surface area contributed by atoms with Crippen LogP contribution in [-0.2, 0) is 0 Å². The molecule has 116 valence electrons. The number of ether oxygens (including phenoxy) is 1. The normalized spacial score (nSPS) is 34.9. The Hall–Kier alpha value is -1.02. The van der Waals surface area contributed by atoms with Crippen LogP contribution in [0.3, 0.4) is 0 Å². The highest BCUT2D eigenvalue weighted by Gasteiger charge is 2.62. The monoisotopic (exact) mass is 287 g/mol. The first-order valence-electron chi connectivity index (χ1n) is 8.40. The molecule has 0 heterocycles. The summed E-state index contributed by atoms with van der Waals surface area (Å²) >= 11 is 0. The number of hydrogen-bond donors (Lipinski definition) is 1. The Morgan fingerprint density at radius 1 is 1.24 bits per heavy atom. The average Bonchev–Trinajstić information content (AvgIpc) is 2.80. The molecule has 0 aromatic heterocycles. The van der Waals surface area contributed by atoms with E-state index in [1.807, 2.05) is 0 Å². The zero-order chi connectivity index (χ0) is 15.3. The van der Waals surface area contributed by atoms with Crippen molar-refractivity contribution in [3.63, 3.8) is 0 Å². The van der Waals surface area contributed by atoms with Gasteiger partial charge >= 0.3 is 0 Å². The lowest BCUT2D eigenvalue weighted by Crippen LogP contribution is -2.38. The second-order valence-corrected chi connectivity index (χ2v) is 7.80. The van der Waals surface area contributed by atoms with Crippen LogP contribution >= 0.6 is 0 Å². The van der Waals surface area contributed by atoms with E-state index in [0.717, 1.165) is 18.1 Å². The Bertz CT molecular complexity index is 507. The fourth-order valence-corrected chi connectivity index (χ4v) is 4.50. The Morgan fingerprint density at radius 2 is 1.90 bits per heavy atom. The van der Waals surface area contributed by atoms with E-state index in [2.05, 4.69) is 52.0 Å². The minimum atomic E-state index is 0.137. The zero-order valence-electron chi connectivity index (χ0n) is 13.9. The Morgan fingerprint density at radius 3 is 2.38 bits per heavy atom. The molecular formula is C19H29NO. The third-order valence-corrected chi connectivity index (χ3v) is 6.74. The fourth-order valence-electron chi connectivity index (χ4n) is 4.50. The van der Waals surface area contributed by atoms with Crippen molar-refractivity contribution in [2.24, 2.45) is 22.5 Å². The summed E-state index contributed by atoms with van der Waals surface area (Å²) in [6, 6.07) is 8.55. The van der Waals surface area contributed by atoms with Gasteiger partial charge in [-0.15, -0.1) is 0 Å². The molecule has 3 unspecified atom stereocenters. The highest BCUT2D eigenvalue weighted by molar-refractivity contribution is 5.30. The second-order valence-electron chi connectivity index (χ2n) is 7.80. The summed E-state index contributed by atoms with van der Waals surface area (Å²) in [5.41, 5.74) is 7.99. The topological polar surface area (TPSA) is 35.2 Å². The van der Waals surface area contributed by atoms with E-state index in [1.165, 1.54) is 24.8 Å². The molecule has 2 heteroatoms. The molecule has 0 spiro atoms. The van der Waals surface area contributed by atoms with Crippen molar-refractivity contribution >= 4 is 0 Å². The van der Waals surface area contributed by atoms with Crippen LogP contribution < -0.4 is 10.5 Å². The quantitative estimate of drug-likeness (QED) is 0.872. The maximum Gasteiger partial charge on any atom is 0.119 e. The predicted octanol–water partition coefficient (Wildman–Crippen LogP) is 4.69. The zero-order valence-corrected chi connectivity index (χ0v) is 13.9. The lowest BCUT2D eigenvalue weighted by molar-refractivity contribution is 0.0301. The Kier molecular flexibility index (Phi) is 3.56. The molecule has 2 saturated carbocycles. The van der Waals surface area contributed by atoms with Gasteiger partial charge in [0.05, 0.1) is 0 Å². The maximum atomic E-state index is 6.38. The van der Waals surface area contributed by atoms with Gasteiger partial charge in [0.25, 0.3) is 0 Å². The summed E-state index contributed by atoms with van der Waals surface area (Å²) < 4.78 is 6.38. The van der Waals surface area contributed by atoms with Crippen LogP contribution in [0, 0.1) is 16.7 Å². The summed E-state index contributed by atoms with van der Waals surface area (Å²) in [6.07, 6.45) is 5.20. The first-order valence-corrected chi connectivity index (χ1v) is 8.40. The van der Waals surface area contributed by atoms with E-state index in [4.69, 9.17) is 10.5 Å². The van der Waals surface area contributed by atoms with Gasteiger partial charge in [0.1, 0.15) is 11.9 Å². The molecule has 0 amide bonds. The van der Waals surface area contributed by atoms with Crippen LogP contribution in [0.5, 0.6) is 5.75 Å². The third kappa shape index (κ3) is 2.19. The van der Waals surface area contributed by atoms with Gasteiger partial charge in [-0.25, -0.2) is 0 Å². The standard InChI is InChI=1S/C19H29NO/c1-5-16(20)13-6-8-15(9-7-13)21-17-12-14-10-11-19(17,4)18(14,2)3/h6-9,14,16-17H,5,10-12,20H2,1-4H3/t14?,16-,17?,19?/m0/s1.